The zero-order chi connectivity index (χ0) is 26.1. The van der Waals surface area contributed by atoms with Crippen LogP contribution in [-0.4, -0.2) is 68.2 Å². The first-order valence-corrected chi connectivity index (χ1v) is 13.0. The van der Waals surface area contributed by atoms with E-state index in [1.165, 1.54) is 0 Å². The molecular weight excluding hydrogens is 464 g/mol. The number of hydrogen-bond acceptors (Lipinski definition) is 7. The van der Waals surface area contributed by atoms with Crippen molar-refractivity contribution in [3.8, 4) is 5.75 Å². The molecule has 5 rings (SSSR count). The Labute approximate surface area is 219 Å². The van der Waals surface area contributed by atoms with Crippen molar-refractivity contribution in [1.29, 1.82) is 0 Å². The molecule has 8 heteroatoms. The van der Waals surface area contributed by atoms with E-state index in [2.05, 4.69) is 59.2 Å². The van der Waals surface area contributed by atoms with Crippen LogP contribution in [0.15, 0.2) is 48.7 Å². The monoisotopic (exact) mass is 500 g/mol. The summed E-state index contributed by atoms with van der Waals surface area (Å²) in [5, 5.41) is 3.36. The Morgan fingerprint density at radius 3 is 2.54 bits per heavy atom. The number of carbonyl (C=O) groups is 1. The van der Waals surface area contributed by atoms with Crippen molar-refractivity contribution in [1.82, 2.24) is 14.9 Å². The lowest BCUT2D eigenvalue weighted by molar-refractivity contribution is 0.0990. The average Bonchev–Trinajstić information content (AvgIpc) is 2.91. The molecule has 3 aromatic rings. The van der Waals surface area contributed by atoms with E-state index in [4.69, 9.17) is 9.72 Å². The first kappa shape index (κ1) is 25.0. The summed E-state index contributed by atoms with van der Waals surface area (Å²) in [6.45, 7) is 8.47. The number of fused-ring (bicyclic) bond motifs is 2. The molecule has 1 N–H and O–H groups in total. The third-order valence-electron chi connectivity index (χ3n) is 7.62. The second-order valence-corrected chi connectivity index (χ2v) is 10.3. The van der Waals surface area contributed by atoms with Gasteiger partial charge in [-0.15, -0.1) is 0 Å². The second kappa shape index (κ2) is 10.4. The van der Waals surface area contributed by atoms with Crippen LogP contribution in [0, 0.1) is 5.92 Å². The lowest BCUT2D eigenvalue weighted by atomic mass is 9.81. The van der Waals surface area contributed by atoms with Crippen LogP contribution in [0.4, 0.5) is 23.0 Å². The van der Waals surface area contributed by atoms with Gasteiger partial charge in [0, 0.05) is 50.5 Å². The third kappa shape index (κ3) is 4.98. The van der Waals surface area contributed by atoms with E-state index in [0.29, 0.717) is 11.9 Å². The van der Waals surface area contributed by atoms with Gasteiger partial charge in [0.05, 0.1) is 30.4 Å². The molecule has 2 aliphatic heterocycles. The summed E-state index contributed by atoms with van der Waals surface area (Å²) in [6, 6.07) is 14.1. The number of piperazine rings is 1. The van der Waals surface area contributed by atoms with E-state index in [9.17, 15) is 4.79 Å². The molecule has 37 heavy (non-hydrogen) atoms. The highest BCUT2D eigenvalue weighted by atomic mass is 16.5. The summed E-state index contributed by atoms with van der Waals surface area (Å²) in [7, 11) is 5.63. The predicted molar refractivity (Wildman–Crippen MR) is 148 cm³/mol. The van der Waals surface area contributed by atoms with E-state index >= 15 is 0 Å². The van der Waals surface area contributed by atoms with Gasteiger partial charge in [0.15, 0.2) is 0 Å². The van der Waals surface area contributed by atoms with Crippen LogP contribution < -0.4 is 19.9 Å². The molecule has 0 saturated carbocycles. The first-order chi connectivity index (χ1) is 17.9. The Morgan fingerprint density at radius 1 is 1.05 bits per heavy atom. The molecule has 194 valence electrons. The number of benzene rings is 2. The maximum absolute atomic E-state index is 13.4. The smallest absolute Gasteiger partial charge is 0.258 e. The maximum atomic E-state index is 13.4. The van der Waals surface area contributed by atoms with E-state index in [-0.39, 0.29) is 11.8 Å². The fraction of sp³-hybridized carbons (Fsp3) is 0.414. The van der Waals surface area contributed by atoms with Gasteiger partial charge in [0.2, 0.25) is 5.95 Å². The molecule has 3 heterocycles. The summed E-state index contributed by atoms with van der Waals surface area (Å²) < 4.78 is 5.73. The Balaban J connectivity index is 1.45. The van der Waals surface area contributed by atoms with Gasteiger partial charge in [0.25, 0.3) is 5.91 Å². The molecule has 1 fully saturated rings. The first-order valence-electron chi connectivity index (χ1n) is 13.0. The fourth-order valence-electron chi connectivity index (χ4n) is 5.28. The summed E-state index contributed by atoms with van der Waals surface area (Å²) >= 11 is 0. The van der Waals surface area contributed by atoms with Crippen LogP contribution in [-0.2, 0) is 6.42 Å². The molecule has 1 amide bonds. The summed E-state index contributed by atoms with van der Waals surface area (Å²) in [5.74, 6) is 1.72. The number of likely N-dealkylation sites (N-methyl/N-ethyl adjacent to an activating group) is 1. The summed E-state index contributed by atoms with van der Waals surface area (Å²) in [4.78, 5) is 29.3. The van der Waals surface area contributed by atoms with Gasteiger partial charge in [-0.25, -0.2) is 9.97 Å². The van der Waals surface area contributed by atoms with Gasteiger partial charge < -0.3 is 24.8 Å². The molecule has 1 atom stereocenters. The van der Waals surface area contributed by atoms with Crippen molar-refractivity contribution in [3.05, 3.63) is 65.5 Å². The third-order valence-corrected chi connectivity index (χ3v) is 7.62. The Bertz CT molecular complexity index is 1290. The van der Waals surface area contributed by atoms with Crippen LogP contribution in [0.1, 0.15) is 41.4 Å². The van der Waals surface area contributed by atoms with Crippen molar-refractivity contribution in [2.75, 3.05) is 62.5 Å². The van der Waals surface area contributed by atoms with Crippen molar-refractivity contribution >= 4 is 28.9 Å². The van der Waals surface area contributed by atoms with Crippen LogP contribution in [0.3, 0.4) is 0 Å². The summed E-state index contributed by atoms with van der Waals surface area (Å²) in [5.41, 5.74) is 5.38. The molecule has 8 nitrogen and oxygen atoms in total. The van der Waals surface area contributed by atoms with Gasteiger partial charge in [-0.1, -0.05) is 32.0 Å². The van der Waals surface area contributed by atoms with Crippen molar-refractivity contribution in [2.45, 2.75) is 26.2 Å². The maximum Gasteiger partial charge on any atom is 0.258 e. The standard InChI is InChI=1S/C29H36N6O2/c1-19(2)23-17-25-26(34(4)28(36)22-9-7-6-8-21(22)23)18-30-29(32-25)31-24-11-10-20(16-27(24)37-5)35-14-12-33(3)13-15-35/h6-11,16,18-19,23H,12-15,17H2,1-5H3,(H,30,31,32). The minimum Gasteiger partial charge on any atom is -0.494 e. The number of nitrogens with zero attached hydrogens (tertiary/aromatic N) is 5. The lowest BCUT2D eigenvalue weighted by Crippen LogP contribution is -2.44. The number of aromatic nitrogens is 2. The minimum atomic E-state index is -0.0346. The Morgan fingerprint density at radius 2 is 1.81 bits per heavy atom. The number of anilines is 4. The molecule has 0 bridgehead atoms. The highest BCUT2D eigenvalue weighted by molar-refractivity contribution is 6.07. The minimum absolute atomic E-state index is 0.0346. The van der Waals surface area contributed by atoms with Crippen LogP contribution >= 0.6 is 0 Å². The molecule has 0 aliphatic carbocycles. The lowest BCUT2D eigenvalue weighted by Gasteiger charge is -2.34. The predicted octanol–water partition coefficient (Wildman–Crippen LogP) is 4.55. The van der Waals surface area contributed by atoms with Crippen molar-refractivity contribution < 1.29 is 9.53 Å². The average molecular weight is 501 g/mol. The quantitative estimate of drug-likeness (QED) is 0.551. The number of ether oxygens (including phenoxy) is 1. The zero-order valence-electron chi connectivity index (χ0n) is 22.4. The van der Waals surface area contributed by atoms with E-state index in [1.54, 1.807) is 25.3 Å². The van der Waals surface area contributed by atoms with E-state index < -0.39 is 0 Å². The molecule has 0 spiro atoms. The molecule has 1 saturated heterocycles. The van der Waals surface area contributed by atoms with Gasteiger partial charge in [-0.2, -0.15) is 0 Å². The normalized spacial score (nSPS) is 18.2. The van der Waals surface area contributed by atoms with Crippen molar-refractivity contribution in [2.24, 2.45) is 5.92 Å². The molecule has 2 aromatic carbocycles. The second-order valence-electron chi connectivity index (χ2n) is 10.3. The number of methoxy groups -OCH3 is 1. The van der Waals surface area contributed by atoms with Gasteiger partial charge in [0.1, 0.15) is 5.75 Å². The van der Waals surface area contributed by atoms with Crippen molar-refractivity contribution in [3.63, 3.8) is 0 Å². The number of hydrogen-bond donors (Lipinski definition) is 1. The van der Waals surface area contributed by atoms with E-state index in [0.717, 1.165) is 72.2 Å². The van der Waals surface area contributed by atoms with E-state index in [1.807, 2.05) is 24.3 Å². The number of carbonyl (C=O) groups excluding carboxylic acids is 1. The number of nitrogens with one attached hydrogen (secondary N) is 1. The van der Waals surface area contributed by atoms with Gasteiger partial charge in [-0.3, -0.25) is 4.79 Å². The summed E-state index contributed by atoms with van der Waals surface area (Å²) in [6.07, 6.45) is 2.47. The van der Waals surface area contributed by atoms with Crippen LogP contribution in [0.2, 0.25) is 0 Å². The molecule has 1 aromatic heterocycles. The van der Waals surface area contributed by atoms with Crippen LogP contribution in [0.25, 0.3) is 0 Å². The topological polar surface area (TPSA) is 73.8 Å². The Kier molecular flexibility index (Phi) is 7.02. The number of rotatable bonds is 5. The SMILES string of the molecule is COc1cc(N2CCN(C)CC2)ccc1Nc1ncc2c(n1)CC(C(C)C)c1ccccc1C(=O)N2C. The highest BCUT2D eigenvalue weighted by Crippen LogP contribution is 2.37. The largest absolute Gasteiger partial charge is 0.494 e. The molecular formula is C29H36N6O2. The highest BCUT2D eigenvalue weighted by Gasteiger charge is 2.30. The fourth-order valence-corrected chi connectivity index (χ4v) is 5.28. The van der Waals surface area contributed by atoms with Gasteiger partial charge >= 0.3 is 0 Å². The molecule has 0 radical (unpaired) electrons. The molecule has 2 aliphatic rings. The number of amides is 1. The Hall–Kier alpha value is -3.65. The molecule has 1 unspecified atom stereocenters. The van der Waals surface area contributed by atoms with Crippen LogP contribution in [0.5, 0.6) is 5.75 Å². The van der Waals surface area contributed by atoms with Gasteiger partial charge in [-0.05, 0) is 49.1 Å². The zero-order valence-corrected chi connectivity index (χ0v) is 22.4.